The van der Waals surface area contributed by atoms with E-state index in [-0.39, 0.29) is 23.9 Å². The largest absolute Gasteiger partial charge is 0.461 e. The van der Waals surface area contributed by atoms with Crippen LogP contribution >= 0.6 is 15.9 Å². The predicted molar refractivity (Wildman–Crippen MR) is 108 cm³/mol. The van der Waals surface area contributed by atoms with E-state index in [1.165, 1.54) is 0 Å². The fourth-order valence-corrected chi connectivity index (χ4v) is 4.35. The molecule has 0 amide bonds. The van der Waals surface area contributed by atoms with Crippen molar-refractivity contribution < 1.29 is 19.0 Å². The summed E-state index contributed by atoms with van der Waals surface area (Å²) in [5.74, 6) is -1.02. The highest BCUT2D eigenvalue weighted by molar-refractivity contribution is 9.10. The van der Waals surface area contributed by atoms with E-state index in [2.05, 4.69) is 22.0 Å². The minimum absolute atomic E-state index is 0.0240. The van der Waals surface area contributed by atoms with E-state index in [1.807, 2.05) is 24.3 Å². The minimum Gasteiger partial charge on any atom is -0.461 e. The van der Waals surface area contributed by atoms with Crippen LogP contribution < -0.4 is 0 Å². The van der Waals surface area contributed by atoms with Crippen LogP contribution in [-0.4, -0.2) is 41.4 Å². The van der Waals surface area contributed by atoms with Crippen LogP contribution in [0.15, 0.2) is 28.7 Å². The molecule has 29 heavy (non-hydrogen) atoms. The van der Waals surface area contributed by atoms with Crippen molar-refractivity contribution >= 4 is 21.9 Å². The highest BCUT2D eigenvalue weighted by atomic mass is 79.9. The van der Waals surface area contributed by atoms with Gasteiger partial charge in [-0.2, -0.15) is 10.4 Å². The molecule has 1 aliphatic heterocycles. The van der Waals surface area contributed by atoms with Crippen molar-refractivity contribution in [2.45, 2.75) is 44.4 Å². The van der Waals surface area contributed by atoms with Gasteiger partial charge in [0.25, 0.3) is 0 Å². The molecule has 1 aromatic carbocycles. The van der Waals surface area contributed by atoms with Crippen LogP contribution in [0.3, 0.4) is 0 Å². The van der Waals surface area contributed by atoms with E-state index in [9.17, 15) is 10.1 Å². The molecule has 1 spiro atoms. The molecular formula is C21H22BrN3O4. The second kappa shape index (κ2) is 8.27. The third-order valence-electron chi connectivity index (χ3n) is 5.49. The summed E-state index contributed by atoms with van der Waals surface area (Å²) in [5, 5.41) is 14.6. The van der Waals surface area contributed by atoms with Crippen molar-refractivity contribution in [1.82, 2.24) is 9.78 Å². The van der Waals surface area contributed by atoms with Gasteiger partial charge in [-0.3, -0.25) is 4.68 Å². The number of carbonyl (C=O) groups excluding carboxylic acids is 1. The molecule has 1 aliphatic carbocycles. The third-order valence-corrected chi connectivity index (χ3v) is 6.01. The average Bonchev–Trinajstić information content (AvgIpc) is 3.34. The quantitative estimate of drug-likeness (QED) is 0.636. The van der Waals surface area contributed by atoms with Gasteiger partial charge in [-0.15, -0.1) is 0 Å². The highest BCUT2D eigenvalue weighted by Crippen LogP contribution is 2.41. The van der Waals surface area contributed by atoms with E-state index in [1.54, 1.807) is 11.6 Å². The number of nitrogens with zero attached hydrogens (tertiary/aromatic N) is 3. The Balaban J connectivity index is 1.73. The van der Waals surface area contributed by atoms with Crippen LogP contribution in [-0.2, 0) is 14.2 Å². The third kappa shape index (κ3) is 3.82. The normalized spacial score (nSPS) is 18.7. The average molecular weight is 460 g/mol. The molecule has 2 aromatic rings. The first-order valence-electron chi connectivity index (χ1n) is 9.80. The zero-order valence-corrected chi connectivity index (χ0v) is 17.8. The summed E-state index contributed by atoms with van der Waals surface area (Å²) in [7, 11) is 0. The van der Waals surface area contributed by atoms with Gasteiger partial charge in [0.05, 0.1) is 25.9 Å². The SMILES string of the molecule is CCOC(=O)c1c(C#N)c(-c2ccc(Br)cc2)nn1C1CCC2(CC1)OCCO2. The molecule has 0 unspecified atom stereocenters. The Labute approximate surface area is 177 Å². The smallest absolute Gasteiger partial charge is 0.358 e. The second-order valence-electron chi connectivity index (χ2n) is 7.19. The Morgan fingerprint density at radius 1 is 1.31 bits per heavy atom. The standard InChI is InChI=1S/C21H22BrN3O4/c1-2-27-20(26)19-17(13-23)18(14-3-5-15(22)6-4-14)24-25(19)16-7-9-21(10-8-16)28-11-12-29-21/h3-6,16H,2,7-12H2,1H3. The Hall–Kier alpha value is -2.21. The maximum Gasteiger partial charge on any atom is 0.358 e. The summed E-state index contributed by atoms with van der Waals surface area (Å²) in [6, 6.07) is 9.69. The van der Waals surface area contributed by atoms with Gasteiger partial charge in [0.1, 0.15) is 17.3 Å². The number of halogens is 1. The number of hydrogen-bond acceptors (Lipinski definition) is 6. The first-order valence-corrected chi connectivity index (χ1v) is 10.6. The summed E-state index contributed by atoms with van der Waals surface area (Å²) < 4.78 is 19.5. The number of benzene rings is 1. The molecule has 1 aromatic heterocycles. The molecule has 1 saturated carbocycles. The van der Waals surface area contributed by atoms with Crippen LogP contribution in [0.2, 0.25) is 0 Å². The molecule has 2 fully saturated rings. The van der Waals surface area contributed by atoms with Gasteiger partial charge in [0.2, 0.25) is 0 Å². The Morgan fingerprint density at radius 2 is 1.97 bits per heavy atom. The zero-order valence-electron chi connectivity index (χ0n) is 16.2. The number of nitriles is 1. The van der Waals surface area contributed by atoms with Crippen LogP contribution in [0.25, 0.3) is 11.3 Å². The van der Waals surface area contributed by atoms with Crippen LogP contribution in [0.5, 0.6) is 0 Å². The molecule has 0 radical (unpaired) electrons. The zero-order chi connectivity index (χ0) is 20.4. The summed E-state index contributed by atoms with van der Waals surface area (Å²) in [6.07, 6.45) is 2.96. The Bertz CT molecular complexity index is 932. The molecule has 2 aliphatic rings. The molecule has 0 bridgehead atoms. The van der Waals surface area contributed by atoms with Crippen molar-refractivity contribution in [1.29, 1.82) is 5.26 Å². The first kappa shape index (κ1) is 20.1. The number of hydrogen-bond donors (Lipinski definition) is 0. The lowest BCUT2D eigenvalue weighted by atomic mass is 9.90. The number of aromatic nitrogens is 2. The lowest BCUT2D eigenvalue weighted by Crippen LogP contribution is -2.36. The highest BCUT2D eigenvalue weighted by Gasteiger charge is 2.42. The fourth-order valence-electron chi connectivity index (χ4n) is 4.08. The van der Waals surface area contributed by atoms with Gasteiger partial charge in [0, 0.05) is 22.9 Å². The van der Waals surface area contributed by atoms with Gasteiger partial charge in [0.15, 0.2) is 11.5 Å². The van der Waals surface area contributed by atoms with E-state index in [4.69, 9.17) is 19.3 Å². The molecule has 7 nitrogen and oxygen atoms in total. The second-order valence-corrected chi connectivity index (χ2v) is 8.11. The number of carbonyl (C=O) groups is 1. The molecule has 152 valence electrons. The molecular weight excluding hydrogens is 438 g/mol. The van der Waals surface area contributed by atoms with Gasteiger partial charge in [-0.05, 0) is 31.9 Å². The molecule has 1 saturated heterocycles. The summed E-state index contributed by atoms with van der Waals surface area (Å²) >= 11 is 3.42. The topological polar surface area (TPSA) is 86.4 Å². The van der Waals surface area contributed by atoms with Gasteiger partial charge in [-0.1, -0.05) is 28.1 Å². The summed E-state index contributed by atoms with van der Waals surface area (Å²) in [6.45, 7) is 3.22. The lowest BCUT2D eigenvalue weighted by Gasteiger charge is -2.35. The van der Waals surface area contributed by atoms with Crippen LogP contribution in [0, 0.1) is 11.3 Å². The van der Waals surface area contributed by atoms with Crippen LogP contribution in [0.4, 0.5) is 0 Å². The van der Waals surface area contributed by atoms with Crippen molar-refractivity contribution in [2.24, 2.45) is 0 Å². The van der Waals surface area contributed by atoms with Gasteiger partial charge < -0.3 is 14.2 Å². The van der Waals surface area contributed by atoms with Crippen molar-refractivity contribution in [2.75, 3.05) is 19.8 Å². The fraction of sp³-hybridized carbons (Fsp3) is 0.476. The number of ether oxygens (including phenoxy) is 3. The molecule has 4 rings (SSSR count). The Kier molecular flexibility index (Phi) is 5.72. The predicted octanol–water partition coefficient (Wildman–Crippen LogP) is 4.22. The van der Waals surface area contributed by atoms with E-state index in [0.29, 0.717) is 18.9 Å². The van der Waals surface area contributed by atoms with Crippen molar-refractivity contribution in [3.63, 3.8) is 0 Å². The van der Waals surface area contributed by atoms with Gasteiger partial charge in [-0.25, -0.2) is 4.79 Å². The molecule has 0 atom stereocenters. The first-order chi connectivity index (χ1) is 14.1. The maximum absolute atomic E-state index is 12.7. The lowest BCUT2D eigenvalue weighted by molar-refractivity contribution is -0.181. The number of rotatable bonds is 4. The summed E-state index contributed by atoms with van der Waals surface area (Å²) in [5.41, 5.74) is 1.75. The van der Waals surface area contributed by atoms with E-state index < -0.39 is 11.8 Å². The van der Waals surface area contributed by atoms with Crippen molar-refractivity contribution in [3.05, 3.63) is 40.0 Å². The molecule has 2 heterocycles. The maximum atomic E-state index is 12.7. The molecule has 8 heteroatoms. The minimum atomic E-state index is -0.520. The number of esters is 1. The van der Waals surface area contributed by atoms with E-state index >= 15 is 0 Å². The Morgan fingerprint density at radius 3 is 2.55 bits per heavy atom. The summed E-state index contributed by atoms with van der Waals surface area (Å²) in [4.78, 5) is 12.7. The van der Waals surface area contributed by atoms with Gasteiger partial charge >= 0.3 is 5.97 Å². The van der Waals surface area contributed by atoms with Crippen molar-refractivity contribution in [3.8, 4) is 17.3 Å². The molecule has 0 N–H and O–H groups in total. The monoisotopic (exact) mass is 459 g/mol. The van der Waals surface area contributed by atoms with E-state index in [0.717, 1.165) is 35.7 Å². The van der Waals surface area contributed by atoms with Crippen LogP contribution in [0.1, 0.15) is 54.7 Å².